The third-order valence-corrected chi connectivity index (χ3v) is 7.30. The van der Waals surface area contributed by atoms with Crippen molar-refractivity contribution in [3.05, 3.63) is 144 Å². The summed E-state index contributed by atoms with van der Waals surface area (Å²) >= 11 is 0. The summed E-state index contributed by atoms with van der Waals surface area (Å²) < 4.78 is 36.9. The molecule has 7 heteroatoms. The van der Waals surface area contributed by atoms with Crippen LogP contribution in [-0.2, 0) is 54.8 Å². The molecule has 0 aromatic heterocycles. The molecule has 234 valence electrons. The van der Waals surface area contributed by atoms with Crippen LogP contribution in [0.25, 0.3) is 0 Å². The minimum Gasteiger partial charge on any atom is -0.388 e. The van der Waals surface area contributed by atoms with E-state index < -0.39 is 30.7 Å². The Bertz CT molecular complexity index is 1270. The van der Waals surface area contributed by atoms with E-state index in [4.69, 9.17) is 28.4 Å². The average molecular weight is 601 g/mol. The SMILES string of the molecule is COC(C[C@H](OCc1ccccc1)[C@@H](OCc1ccccc1)[C@H](OCc1ccccc1)[C@H](O)COCc1ccccc1)OC. The van der Waals surface area contributed by atoms with Crippen molar-refractivity contribution in [3.8, 4) is 0 Å². The molecule has 0 aliphatic heterocycles. The molecule has 0 saturated heterocycles. The van der Waals surface area contributed by atoms with E-state index >= 15 is 0 Å². The number of methoxy groups -OCH3 is 2. The fraction of sp³-hybridized carbons (Fsp3) is 0.351. The molecular weight excluding hydrogens is 556 g/mol. The Labute approximate surface area is 261 Å². The lowest BCUT2D eigenvalue weighted by molar-refractivity contribution is -0.206. The van der Waals surface area contributed by atoms with Gasteiger partial charge in [-0.3, -0.25) is 0 Å². The van der Waals surface area contributed by atoms with Crippen molar-refractivity contribution in [2.45, 2.75) is 63.6 Å². The lowest BCUT2D eigenvalue weighted by Gasteiger charge is -2.37. The molecule has 0 aliphatic carbocycles. The zero-order valence-electron chi connectivity index (χ0n) is 25.6. The van der Waals surface area contributed by atoms with Crippen molar-refractivity contribution in [2.24, 2.45) is 0 Å². The predicted octanol–water partition coefficient (Wildman–Crippen LogP) is 6.33. The van der Waals surface area contributed by atoms with Gasteiger partial charge >= 0.3 is 0 Å². The fourth-order valence-electron chi connectivity index (χ4n) is 4.89. The smallest absolute Gasteiger partial charge is 0.159 e. The van der Waals surface area contributed by atoms with Gasteiger partial charge in [0.2, 0.25) is 0 Å². The highest BCUT2D eigenvalue weighted by Gasteiger charge is 2.38. The van der Waals surface area contributed by atoms with Crippen LogP contribution in [0.4, 0.5) is 0 Å². The maximum absolute atomic E-state index is 11.7. The first-order chi connectivity index (χ1) is 21.7. The Hall–Kier alpha value is -3.40. The summed E-state index contributed by atoms with van der Waals surface area (Å²) in [7, 11) is 3.19. The van der Waals surface area contributed by atoms with Crippen molar-refractivity contribution >= 4 is 0 Å². The minimum atomic E-state index is -1.02. The van der Waals surface area contributed by atoms with Gasteiger partial charge in [-0.25, -0.2) is 0 Å². The van der Waals surface area contributed by atoms with E-state index in [-0.39, 0.29) is 13.2 Å². The molecule has 4 aromatic rings. The third kappa shape index (κ3) is 11.3. The quantitative estimate of drug-likeness (QED) is 0.119. The lowest BCUT2D eigenvalue weighted by Crippen LogP contribution is -2.51. The molecule has 7 nitrogen and oxygen atoms in total. The highest BCUT2D eigenvalue weighted by molar-refractivity contribution is 5.16. The van der Waals surface area contributed by atoms with Crippen LogP contribution in [0.5, 0.6) is 0 Å². The number of ether oxygens (including phenoxy) is 6. The van der Waals surface area contributed by atoms with E-state index in [2.05, 4.69) is 0 Å². The lowest BCUT2D eigenvalue weighted by atomic mass is 9.99. The summed E-state index contributed by atoms with van der Waals surface area (Å²) in [6.07, 6.45) is -3.29. The summed E-state index contributed by atoms with van der Waals surface area (Å²) in [5.41, 5.74) is 4.00. The Balaban J connectivity index is 1.61. The Morgan fingerprint density at radius 1 is 0.500 bits per heavy atom. The second-order valence-corrected chi connectivity index (χ2v) is 10.6. The Kier molecular flexibility index (Phi) is 14.5. The molecule has 0 amide bonds. The Morgan fingerprint density at radius 2 is 0.886 bits per heavy atom. The number of hydrogen-bond acceptors (Lipinski definition) is 7. The van der Waals surface area contributed by atoms with Crippen LogP contribution in [0.2, 0.25) is 0 Å². The number of aliphatic hydroxyl groups is 1. The predicted molar refractivity (Wildman–Crippen MR) is 170 cm³/mol. The first-order valence-electron chi connectivity index (χ1n) is 15.0. The van der Waals surface area contributed by atoms with Gasteiger partial charge < -0.3 is 33.5 Å². The van der Waals surface area contributed by atoms with Gasteiger partial charge in [-0.1, -0.05) is 121 Å². The van der Waals surface area contributed by atoms with Crippen molar-refractivity contribution in [2.75, 3.05) is 20.8 Å². The van der Waals surface area contributed by atoms with E-state index in [9.17, 15) is 5.11 Å². The molecule has 0 heterocycles. The zero-order chi connectivity index (χ0) is 30.8. The van der Waals surface area contributed by atoms with Gasteiger partial charge in [0.25, 0.3) is 0 Å². The molecule has 4 rings (SSSR count). The maximum atomic E-state index is 11.7. The van der Waals surface area contributed by atoms with E-state index in [0.717, 1.165) is 22.3 Å². The maximum Gasteiger partial charge on any atom is 0.159 e. The van der Waals surface area contributed by atoms with Gasteiger partial charge in [-0.05, 0) is 22.3 Å². The summed E-state index contributed by atoms with van der Waals surface area (Å²) in [6, 6.07) is 39.6. The summed E-state index contributed by atoms with van der Waals surface area (Å²) in [5, 5.41) is 11.7. The normalized spacial score (nSPS) is 14.3. The first kappa shape index (κ1) is 33.5. The molecule has 4 atom stereocenters. The summed E-state index contributed by atoms with van der Waals surface area (Å²) in [5.74, 6) is 0. The van der Waals surface area contributed by atoms with Gasteiger partial charge in [-0.15, -0.1) is 0 Å². The molecule has 4 aromatic carbocycles. The zero-order valence-corrected chi connectivity index (χ0v) is 25.6. The van der Waals surface area contributed by atoms with Gasteiger partial charge in [-0.2, -0.15) is 0 Å². The van der Waals surface area contributed by atoms with Crippen molar-refractivity contribution in [1.29, 1.82) is 0 Å². The molecule has 0 saturated carbocycles. The largest absolute Gasteiger partial charge is 0.388 e. The van der Waals surface area contributed by atoms with Crippen molar-refractivity contribution < 1.29 is 33.5 Å². The number of hydrogen-bond donors (Lipinski definition) is 1. The molecule has 1 N–H and O–H groups in total. The van der Waals surface area contributed by atoms with Crippen LogP contribution >= 0.6 is 0 Å². The van der Waals surface area contributed by atoms with E-state index in [0.29, 0.717) is 26.2 Å². The monoisotopic (exact) mass is 600 g/mol. The molecule has 0 spiro atoms. The number of rotatable bonds is 20. The summed E-state index contributed by atoms with van der Waals surface area (Å²) in [4.78, 5) is 0. The highest BCUT2D eigenvalue weighted by atomic mass is 16.7. The topological polar surface area (TPSA) is 75.6 Å². The van der Waals surface area contributed by atoms with Crippen LogP contribution < -0.4 is 0 Å². The van der Waals surface area contributed by atoms with Gasteiger partial charge in [0, 0.05) is 20.6 Å². The van der Waals surface area contributed by atoms with Gasteiger partial charge in [0.05, 0.1) is 39.1 Å². The minimum absolute atomic E-state index is 0.0446. The van der Waals surface area contributed by atoms with Gasteiger partial charge in [0.1, 0.15) is 18.3 Å². The molecular formula is C37H44O7. The third-order valence-electron chi connectivity index (χ3n) is 7.30. The number of aliphatic hydroxyl groups excluding tert-OH is 1. The fourth-order valence-corrected chi connectivity index (χ4v) is 4.89. The molecule has 0 fully saturated rings. The van der Waals surface area contributed by atoms with Crippen molar-refractivity contribution in [3.63, 3.8) is 0 Å². The second-order valence-electron chi connectivity index (χ2n) is 10.6. The molecule has 44 heavy (non-hydrogen) atoms. The average Bonchev–Trinajstić information content (AvgIpc) is 3.08. The highest BCUT2D eigenvalue weighted by Crippen LogP contribution is 2.25. The molecule has 0 unspecified atom stereocenters. The Morgan fingerprint density at radius 3 is 1.32 bits per heavy atom. The van der Waals surface area contributed by atoms with Crippen LogP contribution in [-0.4, -0.2) is 56.6 Å². The first-order valence-corrected chi connectivity index (χ1v) is 15.0. The van der Waals surface area contributed by atoms with Crippen LogP contribution in [0.3, 0.4) is 0 Å². The molecule has 0 bridgehead atoms. The second kappa shape index (κ2) is 19.1. The van der Waals surface area contributed by atoms with Crippen LogP contribution in [0, 0.1) is 0 Å². The molecule has 0 radical (unpaired) electrons. The molecule has 0 aliphatic rings. The van der Waals surface area contributed by atoms with Crippen LogP contribution in [0.15, 0.2) is 121 Å². The van der Waals surface area contributed by atoms with E-state index in [1.165, 1.54) is 0 Å². The summed E-state index contributed by atoms with van der Waals surface area (Å²) in [6.45, 7) is 1.31. The van der Waals surface area contributed by atoms with E-state index in [1.54, 1.807) is 14.2 Å². The van der Waals surface area contributed by atoms with Gasteiger partial charge in [0.15, 0.2) is 6.29 Å². The van der Waals surface area contributed by atoms with Crippen LogP contribution in [0.1, 0.15) is 28.7 Å². The van der Waals surface area contributed by atoms with Crippen molar-refractivity contribution in [1.82, 2.24) is 0 Å². The van der Waals surface area contributed by atoms with E-state index in [1.807, 2.05) is 121 Å². The standard InChI is InChI=1S/C37H44O7/c1-39-35(40-2)23-34(42-25-30-17-9-4-10-18-30)37(44-27-32-21-13-6-14-22-32)36(43-26-31-19-11-5-12-20-31)33(38)28-41-24-29-15-7-3-8-16-29/h3-22,33-38H,23-28H2,1-2H3/t33-,34+,36-,37-/m1/s1. The number of benzene rings is 4.